The number of aromatic nitrogens is 5. The number of carbonyl (C=O) groups is 1. The molecule has 0 unspecified atom stereocenters. The van der Waals surface area contributed by atoms with E-state index >= 15 is 0 Å². The summed E-state index contributed by atoms with van der Waals surface area (Å²) in [7, 11) is 3.73. The highest BCUT2D eigenvalue weighted by atomic mass is 16.1. The molecule has 1 amide bonds. The Morgan fingerprint density at radius 1 is 1.19 bits per heavy atom. The van der Waals surface area contributed by atoms with E-state index in [9.17, 15) is 4.79 Å². The van der Waals surface area contributed by atoms with E-state index in [4.69, 9.17) is 4.98 Å². The van der Waals surface area contributed by atoms with Crippen LogP contribution in [0.25, 0.3) is 22.2 Å². The van der Waals surface area contributed by atoms with Crippen molar-refractivity contribution in [3.05, 3.63) is 65.7 Å². The third-order valence-electron chi connectivity index (χ3n) is 4.60. The van der Waals surface area contributed by atoms with Crippen LogP contribution >= 0.6 is 0 Å². The van der Waals surface area contributed by atoms with Gasteiger partial charge in [0.2, 0.25) is 0 Å². The predicted octanol–water partition coefficient (Wildman–Crippen LogP) is 2.61. The Morgan fingerprint density at radius 3 is 2.70 bits per heavy atom. The zero-order valence-corrected chi connectivity index (χ0v) is 15.5. The van der Waals surface area contributed by atoms with Crippen molar-refractivity contribution in [3.8, 4) is 11.3 Å². The average molecular weight is 360 g/mol. The van der Waals surface area contributed by atoms with Crippen LogP contribution in [0, 0.1) is 6.92 Å². The second kappa shape index (κ2) is 6.68. The lowest BCUT2D eigenvalue weighted by molar-refractivity contribution is 0.0951. The van der Waals surface area contributed by atoms with Gasteiger partial charge in [-0.3, -0.25) is 14.2 Å². The lowest BCUT2D eigenvalue weighted by atomic mass is 10.0. The van der Waals surface area contributed by atoms with E-state index < -0.39 is 0 Å². The highest BCUT2D eigenvalue weighted by Crippen LogP contribution is 2.26. The molecule has 4 rings (SSSR count). The first-order chi connectivity index (χ1) is 13.0. The van der Waals surface area contributed by atoms with Gasteiger partial charge in [-0.1, -0.05) is 18.2 Å². The second-order valence-corrected chi connectivity index (χ2v) is 6.50. The van der Waals surface area contributed by atoms with E-state index in [0.29, 0.717) is 12.1 Å². The van der Waals surface area contributed by atoms with E-state index in [-0.39, 0.29) is 5.91 Å². The molecule has 0 aliphatic rings. The molecule has 7 nitrogen and oxygen atoms in total. The first-order valence-corrected chi connectivity index (χ1v) is 8.68. The van der Waals surface area contributed by atoms with Crippen molar-refractivity contribution < 1.29 is 4.79 Å². The predicted molar refractivity (Wildman–Crippen MR) is 103 cm³/mol. The van der Waals surface area contributed by atoms with Crippen molar-refractivity contribution in [2.45, 2.75) is 13.5 Å². The van der Waals surface area contributed by atoms with Gasteiger partial charge < -0.3 is 5.32 Å². The van der Waals surface area contributed by atoms with Crippen LogP contribution in [0.1, 0.15) is 21.7 Å². The highest BCUT2D eigenvalue weighted by Gasteiger charge is 2.16. The fraction of sp³-hybridized carbons (Fsp3) is 0.200. The van der Waals surface area contributed by atoms with Crippen LogP contribution in [0.5, 0.6) is 0 Å². The summed E-state index contributed by atoms with van der Waals surface area (Å²) in [6.07, 6.45) is 3.64. The molecule has 3 heterocycles. The van der Waals surface area contributed by atoms with Gasteiger partial charge >= 0.3 is 0 Å². The van der Waals surface area contributed by atoms with Gasteiger partial charge in [0.1, 0.15) is 0 Å². The molecule has 27 heavy (non-hydrogen) atoms. The Labute approximate surface area is 156 Å². The maximum absolute atomic E-state index is 12.9. The van der Waals surface area contributed by atoms with Crippen molar-refractivity contribution in [3.63, 3.8) is 0 Å². The lowest BCUT2D eigenvalue weighted by Crippen LogP contribution is -2.24. The Balaban J connectivity index is 1.75. The summed E-state index contributed by atoms with van der Waals surface area (Å²) in [5.41, 5.74) is 4.85. The van der Waals surface area contributed by atoms with Crippen molar-refractivity contribution in [1.29, 1.82) is 0 Å². The summed E-state index contributed by atoms with van der Waals surface area (Å²) in [4.78, 5) is 17.7. The van der Waals surface area contributed by atoms with Gasteiger partial charge in [-0.05, 0) is 25.1 Å². The maximum Gasteiger partial charge on any atom is 0.252 e. The summed E-state index contributed by atoms with van der Waals surface area (Å²) in [5, 5.41) is 12.3. The van der Waals surface area contributed by atoms with Crippen molar-refractivity contribution >= 4 is 16.8 Å². The maximum atomic E-state index is 12.9. The third-order valence-corrected chi connectivity index (χ3v) is 4.60. The number of aryl methyl sites for hydroxylation is 3. The average Bonchev–Trinajstić information content (AvgIpc) is 3.23. The number of hydrogen-bond acceptors (Lipinski definition) is 4. The Bertz CT molecular complexity index is 1140. The standard InChI is InChI=1S/C20H20N6O/c1-13-17(12-25(2)24-13)19-10-16(15-6-4-5-7-18(15)23-19)20(27)21-11-14-8-9-22-26(14)3/h4-10,12H,11H2,1-3H3,(H,21,27). The fourth-order valence-electron chi connectivity index (χ4n) is 3.19. The van der Waals surface area contributed by atoms with Crippen LogP contribution < -0.4 is 5.32 Å². The second-order valence-electron chi connectivity index (χ2n) is 6.50. The molecule has 7 heteroatoms. The molecule has 1 aromatic carbocycles. The minimum atomic E-state index is -0.141. The van der Waals surface area contributed by atoms with Crippen LogP contribution in [-0.4, -0.2) is 30.5 Å². The first kappa shape index (κ1) is 17.0. The van der Waals surface area contributed by atoms with Crippen LogP contribution in [0.3, 0.4) is 0 Å². The number of pyridine rings is 1. The quantitative estimate of drug-likeness (QED) is 0.607. The Hall–Kier alpha value is -3.48. The SMILES string of the molecule is Cc1nn(C)cc1-c1cc(C(=O)NCc2ccnn2C)c2ccccc2n1. The van der Waals surface area contributed by atoms with E-state index in [2.05, 4.69) is 15.5 Å². The molecule has 0 saturated carbocycles. The molecule has 0 bridgehead atoms. The van der Waals surface area contributed by atoms with Crippen molar-refractivity contribution in [2.75, 3.05) is 0 Å². The number of fused-ring (bicyclic) bond motifs is 1. The minimum Gasteiger partial charge on any atom is -0.346 e. The third kappa shape index (κ3) is 3.19. The summed E-state index contributed by atoms with van der Waals surface area (Å²) >= 11 is 0. The number of nitrogens with one attached hydrogen (secondary N) is 1. The van der Waals surface area contributed by atoms with Gasteiger partial charge in [-0.15, -0.1) is 0 Å². The number of rotatable bonds is 4. The Morgan fingerprint density at radius 2 is 2.00 bits per heavy atom. The summed E-state index contributed by atoms with van der Waals surface area (Å²) < 4.78 is 3.50. The molecule has 0 radical (unpaired) electrons. The molecule has 0 spiro atoms. The molecule has 0 aliphatic carbocycles. The van der Waals surface area contributed by atoms with Gasteiger partial charge in [0, 0.05) is 37.4 Å². The summed E-state index contributed by atoms with van der Waals surface area (Å²) in [6.45, 7) is 2.35. The number of benzene rings is 1. The largest absolute Gasteiger partial charge is 0.346 e. The van der Waals surface area contributed by atoms with Crippen molar-refractivity contribution in [2.24, 2.45) is 14.1 Å². The van der Waals surface area contributed by atoms with Crippen molar-refractivity contribution in [1.82, 2.24) is 29.9 Å². The Kier molecular flexibility index (Phi) is 4.19. The highest BCUT2D eigenvalue weighted by molar-refractivity contribution is 6.07. The molecule has 0 atom stereocenters. The monoisotopic (exact) mass is 360 g/mol. The zero-order chi connectivity index (χ0) is 19.0. The molecule has 4 aromatic rings. The number of para-hydroxylation sites is 1. The van der Waals surface area contributed by atoms with Gasteiger partial charge in [-0.25, -0.2) is 4.98 Å². The van der Waals surface area contributed by atoms with Crippen LogP contribution in [0.4, 0.5) is 0 Å². The molecule has 136 valence electrons. The smallest absolute Gasteiger partial charge is 0.252 e. The minimum absolute atomic E-state index is 0.141. The number of carbonyl (C=O) groups excluding carboxylic acids is 1. The van der Waals surface area contributed by atoms with Crippen LogP contribution in [0.2, 0.25) is 0 Å². The van der Waals surface area contributed by atoms with Crippen LogP contribution in [0.15, 0.2) is 48.8 Å². The number of nitrogens with zero attached hydrogens (tertiary/aromatic N) is 5. The van der Waals surface area contributed by atoms with Gasteiger partial charge in [0.15, 0.2) is 0 Å². The topological polar surface area (TPSA) is 77.6 Å². The zero-order valence-electron chi connectivity index (χ0n) is 15.5. The van der Waals surface area contributed by atoms with Gasteiger partial charge in [0.05, 0.1) is 34.7 Å². The fourth-order valence-corrected chi connectivity index (χ4v) is 3.19. The van der Waals surface area contributed by atoms with E-state index in [1.165, 1.54) is 0 Å². The molecule has 3 aromatic heterocycles. The molecule has 0 aliphatic heterocycles. The molecular weight excluding hydrogens is 340 g/mol. The molecule has 0 saturated heterocycles. The van der Waals surface area contributed by atoms with E-state index in [1.807, 2.05) is 63.6 Å². The molecular formula is C20H20N6O. The first-order valence-electron chi connectivity index (χ1n) is 8.68. The van der Waals surface area contributed by atoms with E-state index in [1.54, 1.807) is 15.6 Å². The van der Waals surface area contributed by atoms with E-state index in [0.717, 1.165) is 33.5 Å². The van der Waals surface area contributed by atoms with Gasteiger partial charge in [0.25, 0.3) is 5.91 Å². The summed E-state index contributed by atoms with van der Waals surface area (Å²) in [6, 6.07) is 11.4. The number of hydrogen-bond donors (Lipinski definition) is 1. The lowest BCUT2D eigenvalue weighted by Gasteiger charge is -2.10. The molecule has 1 N–H and O–H groups in total. The number of amides is 1. The normalized spacial score (nSPS) is 11.1. The van der Waals surface area contributed by atoms with Crippen LogP contribution in [-0.2, 0) is 20.6 Å². The van der Waals surface area contributed by atoms with Gasteiger partial charge in [-0.2, -0.15) is 10.2 Å². The molecule has 0 fully saturated rings. The summed E-state index contributed by atoms with van der Waals surface area (Å²) in [5.74, 6) is -0.141.